The highest BCUT2D eigenvalue weighted by Gasteiger charge is 2.43. The normalized spacial score (nSPS) is 12.8. The Labute approximate surface area is 339 Å². The van der Waals surface area contributed by atoms with Crippen LogP contribution in [0.1, 0.15) is 55.6 Å². The predicted molar refractivity (Wildman–Crippen MR) is 254 cm³/mol. The van der Waals surface area contributed by atoms with Crippen molar-refractivity contribution in [3.63, 3.8) is 0 Å². The van der Waals surface area contributed by atoms with Crippen LogP contribution in [0.25, 0.3) is 162 Å². The predicted octanol–water partition coefficient (Wildman–Crippen LogP) is 11.5. The molecule has 16 aromatic rings. The van der Waals surface area contributed by atoms with Gasteiger partial charge in [-0.3, -0.25) is 0 Å². The number of terminal acetylenes is 10. The van der Waals surface area contributed by atoms with Crippen LogP contribution in [0.2, 0.25) is 0 Å². The van der Waals surface area contributed by atoms with E-state index in [0.717, 1.165) is 162 Å². The van der Waals surface area contributed by atoms with E-state index >= 15 is 0 Å². The Morgan fingerprint density at radius 1 is 0.117 bits per heavy atom. The van der Waals surface area contributed by atoms with Crippen molar-refractivity contribution >= 4 is 162 Å². The minimum Gasteiger partial charge on any atom is -0.115 e. The van der Waals surface area contributed by atoms with E-state index < -0.39 is 0 Å². The second-order valence-corrected chi connectivity index (χ2v) is 16.4. The van der Waals surface area contributed by atoms with Gasteiger partial charge in [-0.25, -0.2) is 0 Å². The molecule has 0 saturated carbocycles. The van der Waals surface area contributed by atoms with Crippen LogP contribution in [-0.2, 0) is 0 Å². The average Bonchev–Trinajstić information content (AvgIpc) is 4.12. The molecule has 0 N–H and O–H groups in total. The fraction of sp³-hybridized carbons (Fsp3) is 0. The molecule has 0 atom stereocenters. The monoisotopic (exact) mass is 730 g/mol. The molecule has 250 valence electrons. The minimum absolute atomic E-state index is 0.608. The number of hydrogen-bond acceptors (Lipinski definition) is 0. The van der Waals surface area contributed by atoms with Gasteiger partial charge in [-0.2, -0.15) is 0 Å². The molecule has 60 heavy (non-hydrogen) atoms. The van der Waals surface area contributed by atoms with Gasteiger partial charge in [0, 0.05) is 217 Å². The van der Waals surface area contributed by atoms with Crippen LogP contribution in [-0.4, -0.2) is 0 Å². The van der Waals surface area contributed by atoms with Crippen LogP contribution in [0.3, 0.4) is 0 Å². The van der Waals surface area contributed by atoms with Gasteiger partial charge >= 0.3 is 0 Å². The summed E-state index contributed by atoms with van der Waals surface area (Å²) in [5.74, 6) is 30.9. The molecule has 16 aromatic carbocycles. The zero-order valence-electron chi connectivity index (χ0n) is 30.8. The standard InChI is InChI=1S/C60H10/c1-11-21-31-26(16-6)33-22(12-2)35-28(18-8)37-24(14-4)39-30(20-10)40-25(15-5)38-29(19-9)36-23(13-3)34-27(17-7)32(21)42-41(31)51-43(33)45(35)53-47(37)49(39)55-50(40)48(38)54-46(36)44(34)52(42)57-56(51)58(53)60(55)59(54)57/h1-10H. The van der Waals surface area contributed by atoms with E-state index in [-0.39, 0.29) is 0 Å². The van der Waals surface area contributed by atoms with Crippen molar-refractivity contribution in [1.82, 2.24) is 0 Å². The van der Waals surface area contributed by atoms with E-state index in [2.05, 4.69) is 59.2 Å². The molecule has 0 amide bonds. The van der Waals surface area contributed by atoms with Gasteiger partial charge < -0.3 is 0 Å². The SMILES string of the molecule is C#Cc1c2c(C#C)c3c(C#C)c4c(C#C)c5c(C#C)c6c(C#C)c7c(C#C)c8c(C#C)c9c(C#C)c%10c(C#C)c1c1c2c2c3c4c3c5c6c4c7c8c5c9c%10c1c1c2c3c4c51. The lowest BCUT2D eigenvalue weighted by Crippen LogP contribution is -1.91. The van der Waals surface area contributed by atoms with E-state index in [1.807, 2.05) is 0 Å². The lowest BCUT2D eigenvalue weighted by atomic mass is 9.83. The molecule has 0 saturated heterocycles. The first-order chi connectivity index (χ1) is 29.5. The van der Waals surface area contributed by atoms with Gasteiger partial charge in [0.25, 0.3) is 0 Å². The Morgan fingerprint density at radius 2 is 0.183 bits per heavy atom. The van der Waals surface area contributed by atoms with Crippen molar-refractivity contribution in [1.29, 1.82) is 0 Å². The van der Waals surface area contributed by atoms with Crippen LogP contribution < -0.4 is 0 Å². The fourth-order valence-corrected chi connectivity index (χ4v) is 13.9. The van der Waals surface area contributed by atoms with Crippen molar-refractivity contribution < 1.29 is 0 Å². The van der Waals surface area contributed by atoms with E-state index in [0.29, 0.717) is 55.6 Å². The van der Waals surface area contributed by atoms with Gasteiger partial charge in [0.15, 0.2) is 0 Å². The molecule has 16 rings (SSSR count). The summed E-state index contributed by atoms with van der Waals surface area (Å²) in [4.78, 5) is 0. The maximum atomic E-state index is 6.66. The molecule has 0 aliphatic heterocycles. The third-order valence-electron chi connectivity index (χ3n) is 15.2. The average molecular weight is 731 g/mol. The highest BCUT2D eigenvalue weighted by atomic mass is 14.4. The largest absolute Gasteiger partial charge is 0.115 e. The van der Waals surface area contributed by atoms with E-state index in [9.17, 15) is 0 Å². The molecular weight excluding hydrogens is 721 g/mol. The quantitative estimate of drug-likeness (QED) is 0.0828. The van der Waals surface area contributed by atoms with Gasteiger partial charge in [0.2, 0.25) is 0 Å². The highest BCUT2D eigenvalue weighted by molar-refractivity contribution is 6.69. The van der Waals surface area contributed by atoms with E-state index in [1.165, 1.54) is 0 Å². The molecule has 0 aliphatic carbocycles. The zero-order valence-corrected chi connectivity index (χ0v) is 30.8. The Hall–Kier alpha value is -9.60. The van der Waals surface area contributed by atoms with Crippen LogP contribution in [0.15, 0.2) is 0 Å². The van der Waals surface area contributed by atoms with Crippen LogP contribution in [0, 0.1) is 123 Å². The summed E-state index contributed by atoms with van der Waals surface area (Å²) in [6.07, 6.45) is 66.5. The summed E-state index contributed by atoms with van der Waals surface area (Å²) < 4.78 is 0. The molecule has 0 heteroatoms. The van der Waals surface area contributed by atoms with Crippen molar-refractivity contribution in [3.05, 3.63) is 55.6 Å². The molecule has 0 heterocycles. The Morgan fingerprint density at radius 3 is 0.250 bits per heavy atom. The summed E-state index contributed by atoms with van der Waals surface area (Å²) in [6, 6.07) is 0. The number of benzene rings is 10. The van der Waals surface area contributed by atoms with Crippen LogP contribution in [0.5, 0.6) is 0 Å². The molecule has 0 unspecified atom stereocenters. The van der Waals surface area contributed by atoms with E-state index in [4.69, 9.17) is 64.2 Å². The van der Waals surface area contributed by atoms with Crippen LogP contribution >= 0.6 is 0 Å². The van der Waals surface area contributed by atoms with Gasteiger partial charge in [-0.1, -0.05) is 59.2 Å². The molecule has 0 spiro atoms. The van der Waals surface area contributed by atoms with Gasteiger partial charge in [0.1, 0.15) is 0 Å². The third kappa shape index (κ3) is 2.05. The molecule has 0 aliphatic rings. The maximum absolute atomic E-state index is 6.66. The smallest absolute Gasteiger partial charge is 0.0425 e. The first-order valence-electron chi connectivity index (χ1n) is 19.1. The number of rotatable bonds is 0. The lowest BCUT2D eigenvalue weighted by Gasteiger charge is -2.18. The maximum Gasteiger partial charge on any atom is 0.0425 e. The number of hydrogen-bond donors (Lipinski definition) is 0. The van der Waals surface area contributed by atoms with Gasteiger partial charge in [0.05, 0.1) is 0 Å². The Balaban J connectivity index is 1.52. The summed E-state index contributed by atoms with van der Waals surface area (Å²) in [7, 11) is 0. The molecule has 0 bridgehead atoms. The second-order valence-electron chi connectivity index (χ2n) is 16.4. The first-order valence-corrected chi connectivity index (χ1v) is 19.1. The van der Waals surface area contributed by atoms with Crippen molar-refractivity contribution in [2.75, 3.05) is 0 Å². The highest BCUT2D eigenvalue weighted by Crippen LogP contribution is 2.69. The summed E-state index contributed by atoms with van der Waals surface area (Å²) >= 11 is 0. The Kier molecular flexibility index (Phi) is 3.83. The topological polar surface area (TPSA) is 0 Å². The molecule has 0 nitrogen and oxygen atoms in total. The van der Waals surface area contributed by atoms with Crippen LogP contribution in [0.4, 0.5) is 0 Å². The fourth-order valence-electron chi connectivity index (χ4n) is 13.9. The van der Waals surface area contributed by atoms with Crippen molar-refractivity contribution in [2.24, 2.45) is 0 Å². The van der Waals surface area contributed by atoms with E-state index in [1.54, 1.807) is 0 Å². The molecular formula is C60H10. The summed E-state index contributed by atoms with van der Waals surface area (Å²) in [5.41, 5.74) is 6.08. The summed E-state index contributed by atoms with van der Waals surface area (Å²) in [5, 5.41) is 28.2. The second kappa shape index (κ2) is 7.98. The Bertz CT molecular complexity index is 4280. The summed E-state index contributed by atoms with van der Waals surface area (Å²) in [6.45, 7) is 0. The molecule has 0 radical (unpaired) electrons. The van der Waals surface area contributed by atoms with Crippen molar-refractivity contribution in [3.8, 4) is 123 Å². The van der Waals surface area contributed by atoms with Crippen molar-refractivity contribution in [2.45, 2.75) is 0 Å². The minimum atomic E-state index is 0.608. The van der Waals surface area contributed by atoms with Gasteiger partial charge in [-0.05, 0) is 0 Å². The molecule has 0 aromatic heterocycles. The zero-order chi connectivity index (χ0) is 40.2. The lowest BCUT2D eigenvalue weighted by molar-refractivity contribution is 1.82. The third-order valence-corrected chi connectivity index (χ3v) is 15.2. The molecule has 0 fully saturated rings. The van der Waals surface area contributed by atoms with Gasteiger partial charge in [-0.15, -0.1) is 64.2 Å². The first kappa shape index (κ1) is 28.8.